The number of anilines is 9. The summed E-state index contributed by atoms with van der Waals surface area (Å²) < 4.78 is 7.94. The van der Waals surface area contributed by atoms with Crippen LogP contribution in [0.4, 0.5) is 51.2 Å². The van der Waals surface area contributed by atoms with Crippen LogP contribution in [0.1, 0.15) is 186 Å². The first-order chi connectivity index (χ1) is 39.9. The van der Waals surface area contributed by atoms with Gasteiger partial charge < -0.3 is 19.1 Å². The van der Waals surface area contributed by atoms with E-state index in [2.05, 4.69) is 269 Å². The van der Waals surface area contributed by atoms with Gasteiger partial charge in [-0.25, -0.2) is 0 Å². The van der Waals surface area contributed by atoms with E-state index in [1.165, 1.54) is 126 Å². The molecule has 4 nitrogen and oxygen atoms in total. The number of aryl methyl sites for hydroxylation is 1. The second-order valence-corrected chi connectivity index (χ2v) is 30.8. The predicted molar refractivity (Wildman–Crippen MR) is 358 cm³/mol. The minimum atomic E-state index is -0.217. The molecule has 7 aliphatic rings. The molecule has 0 saturated heterocycles. The van der Waals surface area contributed by atoms with Gasteiger partial charge in [0, 0.05) is 45.1 Å². The smallest absolute Gasteiger partial charge is 0.297 e. The SMILES string of the molecule is Cc1ccccc1N(c1ccccc1)c1cc2c3c(c1)N(c1ccc(C(C)(C)C)cc1)c1c(oc4cc5c(cc14)C1(C)CCC5(C)CC1)B3c1cc3c(cc1N2c1ccc2c(c1-c1ccccc1)C(C)(C)CCC2(C)C)C(C)(C)CCC3(C)C. The van der Waals surface area contributed by atoms with Crippen LogP contribution in [-0.2, 0) is 37.9 Å². The van der Waals surface area contributed by atoms with Gasteiger partial charge in [-0.2, -0.15) is 0 Å². The first kappa shape index (κ1) is 53.5. The van der Waals surface area contributed by atoms with Crippen molar-refractivity contribution in [1.82, 2.24) is 0 Å². The maximum atomic E-state index is 7.94. The molecule has 1 fully saturated rings. The third-order valence-corrected chi connectivity index (χ3v) is 22.4. The van der Waals surface area contributed by atoms with Crippen LogP contribution in [0.15, 0.2) is 162 Å². The van der Waals surface area contributed by atoms with E-state index in [1.807, 2.05) is 0 Å². The fraction of sp³-hybridized carbons (Fsp3) is 0.367. The molecule has 0 unspecified atom stereocenters. The van der Waals surface area contributed by atoms with E-state index in [1.54, 1.807) is 0 Å². The van der Waals surface area contributed by atoms with Gasteiger partial charge in [0.2, 0.25) is 0 Å². The number of rotatable bonds is 6. The zero-order valence-corrected chi connectivity index (χ0v) is 52.5. The van der Waals surface area contributed by atoms with Gasteiger partial charge in [-0.05, 0) is 224 Å². The van der Waals surface area contributed by atoms with Crippen LogP contribution >= 0.6 is 0 Å². The van der Waals surface area contributed by atoms with E-state index < -0.39 is 0 Å². The summed E-state index contributed by atoms with van der Waals surface area (Å²) in [6.45, 7) is 34.1. The minimum absolute atomic E-state index is 0.00359. The Morgan fingerprint density at radius 1 is 0.476 bits per heavy atom. The summed E-state index contributed by atoms with van der Waals surface area (Å²) in [6, 6.07) is 61.7. The summed E-state index contributed by atoms with van der Waals surface area (Å²) in [5, 5.41) is 1.21. The van der Waals surface area contributed by atoms with Crippen molar-refractivity contribution in [2.75, 3.05) is 14.7 Å². The molecule has 1 saturated carbocycles. The molecule has 0 amide bonds. The summed E-state index contributed by atoms with van der Waals surface area (Å²) in [5.41, 5.74) is 29.3. The Kier molecular flexibility index (Phi) is 11.4. The maximum absolute atomic E-state index is 7.94. The Morgan fingerprint density at radius 2 is 1.04 bits per heavy atom. The molecule has 0 N–H and O–H groups in total. The number of benzene rings is 8. The molecule has 8 aromatic carbocycles. The fourth-order valence-corrected chi connectivity index (χ4v) is 16.9. The number of nitrogens with zero attached hydrogens (tertiary/aromatic N) is 3. The minimum Gasteiger partial charge on any atom is -0.468 e. The van der Waals surface area contributed by atoms with E-state index in [4.69, 9.17) is 4.42 Å². The van der Waals surface area contributed by atoms with Crippen LogP contribution in [0, 0.1) is 6.92 Å². The molecule has 5 heteroatoms. The van der Waals surface area contributed by atoms with Crippen molar-refractivity contribution in [1.29, 1.82) is 0 Å². The molecule has 84 heavy (non-hydrogen) atoms. The lowest BCUT2D eigenvalue weighted by molar-refractivity contribution is 0.188. The second-order valence-electron chi connectivity index (χ2n) is 30.8. The molecule has 1 aromatic heterocycles. The summed E-state index contributed by atoms with van der Waals surface area (Å²) in [4.78, 5) is 7.94. The molecular formula is C79H84BN3O. The Morgan fingerprint density at radius 3 is 1.67 bits per heavy atom. The number of fused-ring (bicyclic) bond motifs is 10. The molecule has 0 radical (unpaired) electrons. The number of para-hydroxylation sites is 2. The van der Waals surface area contributed by atoms with Crippen LogP contribution in [0.3, 0.4) is 0 Å². The summed E-state index contributed by atoms with van der Waals surface area (Å²) >= 11 is 0. The van der Waals surface area contributed by atoms with E-state index in [0.717, 1.165) is 59.7 Å². The molecule has 424 valence electrons. The number of furan rings is 1. The maximum Gasteiger partial charge on any atom is 0.297 e. The van der Waals surface area contributed by atoms with Crippen LogP contribution < -0.4 is 31.3 Å². The van der Waals surface area contributed by atoms with Gasteiger partial charge in [0.15, 0.2) is 0 Å². The van der Waals surface area contributed by atoms with E-state index in [0.29, 0.717) is 0 Å². The normalized spacial score (nSPS) is 21.7. The third-order valence-electron chi connectivity index (χ3n) is 22.4. The van der Waals surface area contributed by atoms with Crippen molar-refractivity contribution in [2.45, 2.75) is 186 Å². The highest BCUT2D eigenvalue weighted by atomic mass is 16.3. The van der Waals surface area contributed by atoms with E-state index >= 15 is 0 Å². The molecule has 0 spiro atoms. The quantitative estimate of drug-likeness (QED) is 0.155. The fourth-order valence-electron chi connectivity index (χ4n) is 16.9. The van der Waals surface area contributed by atoms with Crippen molar-refractivity contribution < 1.29 is 4.42 Å². The predicted octanol–water partition coefficient (Wildman–Crippen LogP) is 20.1. The Bertz CT molecular complexity index is 4180. The molecular weight excluding hydrogens is 1020 g/mol. The molecule has 0 atom stereocenters. The van der Waals surface area contributed by atoms with Gasteiger partial charge in [-0.1, -0.05) is 181 Å². The summed E-state index contributed by atoms with van der Waals surface area (Å²) in [6.07, 6.45) is 9.38. The topological polar surface area (TPSA) is 22.9 Å². The van der Waals surface area contributed by atoms with Gasteiger partial charge in [0.05, 0.1) is 22.7 Å². The molecule has 2 bridgehead atoms. The zero-order chi connectivity index (χ0) is 58.4. The standard InChI is InChI=1S/C79H84BN3O/c1-49-23-21-22-28-62(49)81(52-26-19-16-20-27-52)54-43-65-70-66(44-54)83(63-34-33-56-69(68(63)50-24-17-15-18-25-50)77(11,12)38-37-74(56,5)6)64-47-58-57(75(7,8)35-36-76(58,9)10)46-61(64)80(70)72-71(82(65)53-31-29-51(30-32-53)73(2,3)4)55-45-59-60(48-67(55)84-72)79(14)41-39-78(59,13)40-42-79/h15-34,43-48H,35-42H2,1-14H3. The highest BCUT2D eigenvalue weighted by Crippen LogP contribution is 2.60. The first-order valence-electron chi connectivity index (χ1n) is 31.7. The Hall–Kier alpha value is -7.24. The van der Waals surface area contributed by atoms with Gasteiger partial charge in [0.25, 0.3) is 6.71 Å². The van der Waals surface area contributed by atoms with Crippen LogP contribution in [-0.4, -0.2) is 6.71 Å². The molecule has 3 heterocycles. The van der Waals surface area contributed by atoms with E-state index in [9.17, 15) is 0 Å². The molecule has 16 rings (SSSR count). The number of hydrogen-bond acceptors (Lipinski definition) is 4. The number of hydrogen-bond donors (Lipinski definition) is 0. The van der Waals surface area contributed by atoms with Gasteiger partial charge in [0.1, 0.15) is 5.58 Å². The van der Waals surface area contributed by atoms with Gasteiger partial charge in [-0.3, -0.25) is 0 Å². The first-order valence-corrected chi connectivity index (χ1v) is 31.7. The van der Waals surface area contributed by atoms with Gasteiger partial charge in [-0.15, -0.1) is 0 Å². The molecule has 9 aromatic rings. The average Bonchev–Trinajstić information content (AvgIpc) is 1.23. The van der Waals surface area contributed by atoms with E-state index in [-0.39, 0.29) is 44.6 Å². The molecule has 2 aliphatic heterocycles. The van der Waals surface area contributed by atoms with Crippen LogP contribution in [0.25, 0.3) is 22.1 Å². The average molecular weight is 1100 g/mol. The van der Waals surface area contributed by atoms with Gasteiger partial charge >= 0.3 is 0 Å². The third kappa shape index (κ3) is 7.77. The van der Waals surface area contributed by atoms with Crippen molar-refractivity contribution in [3.63, 3.8) is 0 Å². The Balaban J connectivity index is 1.14. The van der Waals surface area contributed by atoms with Crippen LogP contribution in [0.5, 0.6) is 0 Å². The lowest BCUT2D eigenvalue weighted by atomic mass is 9.35. The molecule has 5 aliphatic carbocycles. The van der Waals surface area contributed by atoms with Crippen LogP contribution in [0.2, 0.25) is 0 Å². The monoisotopic (exact) mass is 1100 g/mol. The highest BCUT2D eigenvalue weighted by Gasteiger charge is 2.53. The van der Waals surface area contributed by atoms with Crippen molar-refractivity contribution in [2.24, 2.45) is 0 Å². The highest BCUT2D eigenvalue weighted by molar-refractivity contribution is 7.00. The van der Waals surface area contributed by atoms with Crippen molar-refractivity contribution >= 4 is 85.5 Å². The van der Waals surface area contributed by atoms with Crippen molar-refractivity contribution in [3.05, 3.63) is 202 Å². The summed E-state index contributed by atoms with van der Waals surface area (Å²) in [5.74, 6) is 0. The lowest BCUT2D eigenvalue weighted by Crippen LogP contribution is -2.61. The zero-order valence-electron chi connectivity index (χ0n) is 52.5. The lowest BCUT2D eigenvalue weighted by Gasteiger charge is -2.52. The summed E-state index contributed by atoms with van der Waals surface area (Å²) in [7, 11) is 0. The van der Waals surface area contributed by atoms with Crippen molar-refractivity contribution in [3.8, 4) is 11.1 Å². The second kappa shape index (κ2) is 17.9. The largest absolute Gasteiger partial charge is 0.468 e. The Labute approximate surface area is 501 Å².